The minimum Gasteiger partial charge on any atom is -0.450 e. The van der Waals surface area contributed by atoms with Gasteiger partial charge in [-0.05, 0) is 38.5 Å². The Morgan fingerprint density at radius 1 is 1.12 bits per heavy atom. The van der Waals surface area contributed by atoms with E-state index in [1.165, 1.54) is 10.4 Å². The van der Waals surface area contributed by atoms with Crippen LogP contribution in [-0.2, 0) is 24.3 Å². The maximum Gasteiger partial charge on any atom is 0.409 e. The fraction of sp³-hybridized carbons (Fsp3) is 0.619. The Morgan fingerprint density at radius 2 is 1.78 bits per heavy atom. The first-order chi connectivity index (χ1) is 15.2. The summed E-state index contributed by atoms with van der Waals surface area (Å²) in [5.74, 6) is -0.229. The van der Waals surface area contributed by atoms with E-state index < -0.39 is 16.1 Å². The molecular weight excluding hydrogens is 436 g/mol. The van der Waals surface area contributed by atoms with Gasteiger partial charge in [0.25, 0.3) is 0 Å². The fourth-order valence-corrected chi connectivity index (χ4v) is 5.46. The normalized spacial score (nSPS) is 19.4. The second-order valence-corrected chi connectivity index (χ2v) is 9.79. The van der Waals surface area contributed by atoms with Crippen LogP contribution in [0, 0.1) is 6.92 Å². The van der Waals surface area contributed by atoms with Crippen molar-refractivity contribution in [3.8, 4) is 0 Å². The SMILES string of the molecule is CCOC(=O)N1CCN(C(C)C(=O)Nc2ccc(C)c(S(=O)(=O)N3CCOCC3)c2)CC1. The van der Waals surface area contributed by atoms with E-state index in [1.54, 1.807) is 37.8 Å². The number of piperazine rings is 1. The summed E-state index contributed by atoms with van der Waals surface area (Å²) in [5.41, 5.74) is 1.06. The Bertz CT molecular complexity index is 924. The predicted molar refractivity (Wildman–Crippen MR) is 119 cm³/mol. The topological polar surface area (TPSA) is 108 Å². The highest BCUT2D eigenvalue weighted by atomic mass is 32.2. The Hall–Kier alpha value is -2.21. The third-order valence-electron chi connectivity index (χ3n) is 5.81. The lowest BCUT2D eigenvalue weighted by Crippen LogP contribution is -2.54. The highest BCUT2D eigenvalue weighted by Crippen LogP contribution is 2.24. The Labute approximate surface area is 189 Å². The molecule has 2 aliphatic heterocycles. The van der Waals surface area contributed by atoms with Gasteiger partial charge in [-0.2, -0.15) is 4.31 Å². The summed E-state index contributed by atoms with van der Waals surface area (Å²) in [6.07, 6.45) is -0.335. The van der Waals surface area contributed by atoms with Crippen molar-refractivity contribution in [3.63, 3.8) is 0 Å². The smallest absolute Gasteiger partial charge is 0.409 e. The molecule has 2 fully saturated rings. The molecule has 11 heteroatoms. The van der Waals surface area contributed by atoms with E-state index in [0.717, 1.165) is 0 Å². The average molecular weight is 469 g/mol. The van der Waals surface area contributed by atoms with E-state index in [-0.39, 0.29) is 16.9 Å². The molecule has 1 atom stereocenters. The van der Waals surface area contributed by atoms with Crippen LogP contribution in [0.15, 0.2) is 23.1 Å². The number of hydrogen-bond acceptors (Lipinski definition) is 7. The first-order valence-corrected chi connectivity index (χ1v) is 12.3. The first-order valence-electron chi connectivity index (χ1n) is 10.9. The molecule has 32 heavy (non-hydrogen) atoms. The number of nitrogens with one attached hydrogen (secondary N) is 1. The van der Waals surface area contributed by atoms with Crippen molar-refractivity contribution in [3.05, 3.63) is 23.8 Å². The van der Waals surface area contributed by atoms with E-state index in [1.807, 2.05) is 4.90 Å². The lowest BCUT2D eigenvalue weighted by Gasteiger charge is -2.36. The van der Waals surface area contributed by atoms with E-state index in [9.17, 15) is 18.0 Å². The molecule has 0 radical (unpaired) electrons. The average Bonchev–Trinajstić information content (AvgIpc) is 2.80. The Balaban J connectivity index is 1.64. The molecule has 2 aliphatic rings. The zero-order valence-corrected chi connectivity index (χ0v) is 19.7. The van der Waals surface area contributed by atoms with Crippen LogP contribution in [0.5, 0.6) is 0 Å². The third-order valence-corrected chi connectivity index (χ3v) is 7.85. The van der Waals surface area contributed by atoms with Crippen LogP contribution < -0.4 is 5.32 Å². The van der Waals surface area contributed by atoms with Crippen molar-refractivity contribution >= 4 is 27.7 Å². The largest absolute Gasteiger partial charge is 0.450 e. The van der Waals surface area contributed by atoms with Gasteiger partial charge in [0.1, 0.15) is 0 Å². The number of anilines is 1. The zero-order valence-electron chi connectivity index (χ0n) is 18.9. The molecule has 0 spiro atoms. The highest BCUT2D eigenvalue weighted by molar-refractivity contribution is 7.89. The van der Waals surface area contributed by atoms with Gasteiger partial charge in [-0.3, -0.25) is 9.69 Å². The van der Waals surface area contributed by atoms with Crippen LogP contribution in [0.1, 0.15) is 19.4 Å². The van der Waals surface area contributed by atoms with Crippen LogP contribution >= 0.6 is 0 Å². The van der Waals surface area contributed by atoms with Crippen molar-refractivity contribution in [1.29, 1.82) is 0 Å². The van der Waals surface area contributed by atoms with Gasteiger partial charge in [-0.25, -0.2) is 13.2 Å². The number of aryl methyl sites for hydroxylation is 1. The molecule has 1 unspecified atom stereocenters. The molecule has 0 aliphatic carbocycles. The molecule has 178 valence electrons. The van der Waals surface area contributed by atoms with Gasteiger partial charge in [-0.15, -0.1) is 0 Å². The highest BCUT2D eigenvalue weighted by Gasteiger charge is 2.30. The van der Waals surface area contributed by atoms with Gasteiger partial charge in [0, 0.05) is 45.0 Å². The number of morpholine rings is 1. The van der Waals surface area contributed by atoms with Gasteiger partial charge in [0.2, 0.25) is 15.9 Å². The summed E-state index contributed by atoms with van der Waals surface area (Å²) in [5, 5.41) is 2.84. The van der Waals surface area contributed by atoms with Crippen LogP contribution in [0.2, 0.25) is 0 Å². The van der Waals surface area contributed by atoms with Gasteiger partial charge in [0.15, 0.2) is 0 Å². The van der Waals surface area contributed by atoms with E-state index in [2.05, 4.69) is 5.32 Å². The van der Waals surface area contributed by atoms with Crippen molar-refractivity contribution in [1.82, 2.24) is 14.1 Å². The second kappa shape index (κ2) is 10.6. The second-order valence-electron chi connectivity index (χ2n) is 7.88. The summed E-state index contributed by atoms with van der Waals surface area (Å²) in [6, 6.07) is 4.49. The number of carbonyl (C=O) groups excluding carboxylic acids is 2. The molecule has 2 saturated heterocycles. The lowest BCUT2D eigenvalue weighted by molar-refractivity contribution is -0.121. The van der Waals surface area contributed by atoms with Gasteiger partial charge >= 0.3 is 6.09 Å². The number of benzene rings is 1. The molecule has 1 aromatic carbocycles. The van der Waals surface area contributed by atoms with Gasteiger partial charge in [0.05, 0.1) is 30.8 Å². The van der Waals surface area contributed by atoms with Crippen LogP contribution in [0.4, 0.5) is 10.5 Å². The summed E-state index contributed by atoms with van der Waals surface area (Å²) < 4.78 is 37.8. The fourth-order valence-electron chi connectivity index (χ4n) is 3.80. The predicted octanol–water partition coefficient (Wildman–Crippen LogP) is 1.12. The maximum absolute atomic E-state index is 13.1. The summed E-state index contributed by atoms with van der Waals surface area (Å²) in [7, 11) is -3.67. The van der Waals surface area contributed by atoms with E-state index in [4.69, 9.17) is 9.47 Å². The van der Waals surface area contributed by atoms with Crippen LogP contribution in [-0.4, -0.2) is 99.7 Å². The number of sulfonamides is 1. The van der Waals surface area contributed by atoms with Crippen molar-refractivity contribution in [2.75, 3.05) is 64.4 Å². The number of amides is 2. The maximum atomic E-state index is 13.1. The third kappa shape index (κ3) is 5.58. The van der Waals surface area contributed by atoms with Crippen LogP contribution in [0.3, 0.4) is 0 Å². The molecule has 1 N–H and O–H groups in total. The number of carbonyl (C=O) groups is 2. The summed E-state index contributed by atoms with van der Waals surface area (Å²) in [4.78, 5) is 28.5. The van der Waals surface area contributed by atoms with Crippen molar-refractivity contribution in [2.24, 2.45) is 0 Å². The molecule has 10 nitrogen and oxygen atoms in total. The van der Waals surface area contributed by atoms with Crippen molar-refractivity contribution < 1.29 is 27.5 Å². The Morgan fingerprint density at radius 3 is 2.41 bits per heavy atom. The lowest BCUT2D eigenvalue weighted by atomic mass is 10.2. The molecule has 0 bridgehead atoms. The molecule has 2 heterocycles. The molecule has 1 aromatic rings. The zero-order chi connectivity index (χ0) is 23.3. The minimum atomic E-state index is -3.67. The summed E-state index contributed by atoms with van der Waals surface area (Å²) in [6.45, 7) is 9.09. The molecule has 0 aromatic heterocycles. The van der Waals surface area contributed by atoms with E-state index >= 15 is 0 Å². The molecule has 3 rings (SSSR count). The standard InChI is InChI=1S/C21H32N4O6S/c1-4-31-21(27)24-9-7-23(8-10-24)17(3)20(26)22-18-6-5-16(2)19(15-18)32(28,29)25-11-13-30-14-12-25/h5-6,15,17H,4,7-14H2,1-3H3,(H,22,26). The molecule has 0 saturated carbocycles. The molecule has 2 amide bonds. The van der Waals surface area contributed by atoms with Crippen LogP contribution in [0.25, 0.3) is 0 Å². The molecular formula is C21H32N4O6S. The number of hydrogen-bond donors (Lipinski definition) is 1. The number of nitrogens with zero attached hydrogens (tertiary/aromatic N) is 3. The first kappa shape index (κ1) is 24.4. The number of ether oxygens (including phenoxy) is 2. The number of rotatable bonds is 6. The van der Waals surface area contributed by atoms with Crippen molar-refractivity contribution in [2.45, 2.75) is 31.7 Å². The minimum absolute atomic E-state index is 0.188. The van der Waals surface area contributed by atoms with E-state index in [0.29, 0.717) is 70.3 Å². The Kier molecular flexibility index (Phi) is 8.10. The summed E-state index contributed by atoms with van der Waals surface area (Å²) >= 11 is 0. The van der Waals surface area contributed by atoms with Gasteiger partial charge in [-0.1, -0.05) is 6.07 Å². The van der Waals surface area contributed by atoms with Gasteiger partial charge < -0.3 is 19.7 Å². The monoisotopic (exact) mass is 468 g/mol. The quantitative estimate of drug-likeness (QED) is 0.666.